The molecule has 22 heavy (non-hydrogen) atoms. The van der Waals surface area contributed by atoms with Crippen LogP contribution in [0.5, 0.6) is 5.75 Å². The molecular formula is C18H20N2O2. The smallest absolute Gasteiger partial charge is 0.282 e. The molecule has 0 aromatic heterocycles. The van der Waals surface area contributed by atoms with Crippen LogP contribution in [0.1, 0.15) is 11.1 Å². The average molecular weight is 296 g/mol. The minimum atomic E-state index is -0.0845. The van der Waals surface area contributed by atoms with E-state index in [4.69, 9.17) is 15.2 Å². The van der Waals surface area contributed by atoms with Gasteiger partial charge in [0.05, 0.1) is 6.54 Å². The minimum Gasteiger partial charge on any atom is -0.490 e. The molecule has 0 saturated carbocycles. The lowest BCUT2D eigenvalue weighted by atomic mass is 9.97. The molecule has 1 unspecified atom stereocenters. The molecular weight excluding hydrogens is 276 g/mol. The van der Waals surface area contributed by atoms with Gasteiger partial charge in [-0.25, -0.2) is 4.99 Å². The fraction of sp³-hybridized carbons (Fsp3) is 0.278. The Hall–Kier alpha value is -2.49. The van der Waals surface area contributed by atoms with Crippen LogP contribution in [0.25, 0.3) is 11.1 Å². The Bertz CT molecular complexity index is 693. The summed E-state index contributed by atoms with van der Waals surface area (Å²) in [5.41, 5.74) is 10.5. The van der Waals surface area contributed by atoms with Crippen LogP contribution in [0.15, 0.2) is 47.5 Å². The zero-order chi connectivity index (χ0) is 15.5. The highest BCUT2D eigenvalue weighted by atomic mass is 16.5. The van der Waals surface area contributed by atoms with Crippen LogP contribution in [0.3, 0.4) is 0 Å². The Morgan fingerprint density at radius 3 is 2.64 bits per heavy atom. The summed E-state index contributed by atoms with van der Waals surface area (Å²) in [6.45, 7) is 5.29. The zero-order valence-corrected chi connectivity index (χ0v) is 12.9. The summed E-state index contributed by atoms with van der Waals surface area (Å²) in [7, 11) is 0. The van der Waals surface area contributed by atoms with Crippen molar-refractivity contribution in [2.45, 2.75) is 20.0 Å². The molecule has 1 aliphatic heterocycles. The minimum absolute atomic E-state index is 0.0845. The lowest BCUT2D eigenvalue weighted by Gasteiger charge is -2.13. The second kappa shape index (κ2) is 6.10. The first-order valence-corrected chi connectivity index (χ1v) is 7.39. The molecule has 0 amide bonds. The highest BCUT2D eigenvalue weighted by Gasteiger charge is 2.18. The lowest BCUT2D eigenvalue weighted by molar-refractivity contribution is 0.141. The number of rotatable bonds is 4. The number of hydrogen-bond acceptors (Lipinski definition) is 4. The van der Waals surface area contributed by atoms with Crippen LogP contribution in [-0.4, -0.2) is 25.3 Å². The van der Waals surface area contributed by atoms with E-state index in [0.717, 1.165) is 5.75 Å². The van der Waals surface area contributed by atoms with Crippen molar-refractivity contribution >= 4 is 6.02 Å². The number of nitrogens with two attached hydrogens (primary N) is 1. The van der Waals surface area contributed by atoms with Gasteiger partial charge < -0.3 is 15.2 Å². The quantitative estimate of drug-likeness (QED) is 0.943. The van der Waals surface area contributed by atoms with Gasteiger partial charge in [-0.1, -0.05) is 30.3 Å². The third-order valence-electron chi connectivity index (χ3n) is 3.94. The van der Waals surface area contributed by atoms with E-state index in [2.05, 4.69) is 49.2 Å². The Balaban J connectivity index is 1.66. The summed E-state index contributed by atoms with van der Waals surface area (Å²) >= 11 is 0. The normalized spacial score (nSPS) is 17.0. The fourth-order valence-corrected chi connectivity index (χ4v) is 2.51. The van der Waals surface area contributed by atoms with E-state index in [0.29, 0.717) is 13.2 Å². The number of aliphatic imine (C=N–C) groups is 1. The molecule has 0 radical (unpaired) electrons. The molecule has 1 heterocycles. The van der Waals surface area contributed by atoms with Gasteiger partial charge in [-0.15, -0.1) is 0 Å². The van der Waals surface area contributed by atoms with E-state index in [1.54, 1.807) is 0 Å². The molecule has 2 aromatic carbocycles. The second-order valence-corrected chi connectivity index (χ2v) is 5.50. The highest BCUT2D eigenvalue weighted by Crippen LogP contribution is 2.27. The maximum atomic E-state index is 5.73. The Kier molecular flexibility index (Phi) is 4.00. The molecule has 1 atom stereocenters. The zero-order valence-electron chi connectivity index (χ0n) is 12.9. The van der Waals surface area contributed by atoms with Crippen molar-refractivity contribution in [3.05, 3.63) is 53.6 Å². The van der Waals surface area contributed by atoms with Gasteiger partial charge in [-0.2, -0.15) is 0 Å². The van der Waals surface area contributed by atoms with Gasteiger partial charge >= 0.3 is 0 Å². The number of ether oxygens (including phenoxy) is 2. The van der Waals surface area contributed by atoms with Crippen molar-refractivity contribution in [2.24, 2.45) is 10.7 Å². The summed E-state index contributed by atoms with van der Waals surface area (Å²) in [5, 5.41) is 0. The van der Waals surface area contributed by atoms with Gasteiger partial charge in [0, 0.05) is 0 Å². The number of amidine groups is 1. The van der Waals surface area contributed by atoms with Crippen molar-refractivity contribution in [1.82, 2.24) is 0 Å². The lowest BCUT2D eigenvalue weighted by Crippen LogP contribution is -2.24. The fourth-order valence-electron chi connectivity index (χ4n) is 2.51. The standard InChI is InChI=1S/C18H20N2O2/c1-12-4-3-5-17(13(12)2)14-6-8-15(9-7-14)21-11-16-10-20-18(19)22-16/h3-9,16H,10-11H2,1-2H3,(H2,19,20). The summed E-state index contributed by atoms with van der Waals surface area (Å²) in [6, 6.07) is 14.7. The topological polar surface area (TPSA) is 56.8 Å². The summed E-state index contributed by atoms with van der Waals surface area (Å²) < 4.78 is 11.0. The maximum Gasteiger partial charge on any atom is 0.282 e. The molecule has 0 bridgehead atoms. The molecule has 0 fully saturated rings. The van der Waals surface area contributed by atoms with E-state index >= 15 is 0 Å². The number of hydrogen-bond donors (Lipinski definition) is 1. The molecule has 2 N–H and O–H groups in total. The van der Waals surface area contributed by atoms with Gasteiger partial charge in [0.25, 0.3) is 6.02 Å². The molecule has 1 aliphatic rings. The van der Waals surface area contributed by atoms with Crippen molar-refractivity contribution in [3.63, 3.8) is 0 Å². The molecule has 0 saturated heterocycles. The molecule has 2 aromatic rings. The molecule has 4 nitrogen and oxygen atoms in total. The third kappa shape index (κ3) is 3.06. The molecule has 0 aliphatic carbocycles. The van der Waals surface area contributed by atoms with Crippen LogP contribution in [0, 0.1) is 13.8 Å². The maximum absolute atomic E-state index is 5.73. The van der Waals surface area contributed by atoms with E-state index in [-0.39, 0.29) is 12.1 Å². The second-order valence-electron chi connectivity index (χ2n) is 5.50. The van der Waals surface area contributed by atoms with Crippen molar-refractivity contribution in [1.29, 1.82) is 0 Å². The number of nitrogens with zero attached hydrogens (tertiary/aromatic N) is 1. The van der Waals surface area contributed by atoms with E-state index < -0.39 is 0 Å². The van der Waals surface area contributed by atoms with E-state index in [1.807, 2.05) is 12.1 Å². The van der Waals surface area contributed by atoms with Crippen LogP contribution in [0.2, 0.25) is 0 Å². The predicted octanol–water partition coefficient (Wildman–Crippen LogP) is 3.06. The van der Waals surface area contributed by atoms with Crippen LogP contribution in [-0.2, 0) is 4.74 Å². The first-order valence-electron chi connectivity index (χ1n) is 7.39. The predicted molar refractivity (Wildman–Crippen MR) is 88.2 cm³/mol. The molecule has 0 spiro atoms. The SMILES string of the molecule is Cc1cccc(-c2ccc(OCC3CN=C(N)O3)cc2)c1C. The van der Waals surface area contributed by atoms with E-state index in [9.17, 15) is 0 Å². The van der Waals surface area contributed by atoms with Gasteiger partial charge in [-0.3, -0.25) is 0 Å². The van der Waals surface area contributed by atoms with Crippen LogP contribution < -0.4 is 10.5 Å². The molecule has 4 heteroatoms. The monoisotopic (exact) mass is 296 g/mol. The van der Waals surface area contributed by atoms with Crippen molar-refractivity contribution in [3.8, 4) is 16.9 Å². The Morgan fingerprint density at radius 2 is 1.95 bits per heavy atom. The number of benzene rings is 2. The molecule has 3 rings (SSSR count). The summed E-state index contributed by atoms with van der Waals surface area (Å²) in [6.07, 6.45) is -0.0845. The summed E-state index contributed by atoms with van der Waals surface area (Å²) in [5.74, 6) is 0.822. The Labute approximate surface area is 130 Å². The summed E-state index contributed by atoms with van der Waals surface area (Å²) in [4.78, 5) is 3.99. The van der Waals surface area contributed by atoms with Gasteiger partial charge in [0.2, 0.25) is 0 Å². The van der Waals surface area contributed by atoms with E-state index in [1.165, 1.54) is 22.3 Å². The third-order valence-corrected chi connectivity index (χ3v) is 3.94. The first kappa shape index (κ1) is 14.4. The van der Waals surface area contributed by atoms with Crippen LogP contribution >= 0.6 is 0 Å². The van der Waals surface area contributed by atoms with Crippen molar-refractivity contribution < 1.29 is 9.47 Å². The van der Waals surface area contributed by atoms with Gasteiger partial charge in [-0.05, 0) is 48.2 Å². The van der Waals surface area contributed by atoms with Gasteiger partial charge in [0.15, 0.2) is 6.10 Å². The average Bonchev–Trinajstić information content (AvgIpc) is 2.94. The molecule has 114 valence electrons. The van der Waals surface area contributed by atoms with Crippen LogP contribution in [0.4, 0.5) is 0 Å². The van der Waals surface area contributed by atoms with Gasteiger partial charge in [0.1, 0.15) is 12.4 Å². The largest absolute Gasteiger partial charge is 0.490 e. The highest BCUT2D eigenvalue weighted by molar-refractivity contribution is 5.73. The number of aryl methyl sites for hydroxylation is 1. The van der Waals surface area contributed by atoms with Crippen molar-refractivity contribution in [2.75, 3.05) is 13.2 Å². The Morgan fingerprint density at radius 1 is 1.18 bits per heavy atom. The first-order chi connectivity index (χ1) is 10.6.